The molecule has 1 aromatic heterocycles. The van der Waals surface area contributed by atoms with Gasteiger partial charge in [-0.3, -0.25) is 4.98 Å². The molecule has 0 unspecified atom stereocenters. The highest BCUT2D eigenvalue weighted by Crippen LogP contribution is 2.22. The molecule has 0 fully saturated rings. The van der Waals surface area contributed by atoms with Crippen LogP contribution in [0.2, 0.25) is 0 Å². The van der Waals surface area contributed by atoms with E-state index in [1.54, 1.807) is 25.4 Å². The van der Waals surface area contributed by atoms with Crippen LogP contribution >= 0.6 is 0 Å². The molecular formula is C14H13NO2. The molecule has 0 aliphatic carbocycles. The predicted octanol–water partition coefficient (Wildman–Crippen LogP) is 3.06. The summed E-state index contributed by atoms with van der Waals surface area (Å²) in [5, 5.41) is 9.08. The van der Waals surface area contributed by atoms with E-state index in [0.29, 0.717) is 5.56 Å². The summed E-state index contributed by atoms with van der Waals surface area (Å²) in [7, 11) is 0. The van der Waals surface area contributed by atoms with Gasteiger partial charge in [-0.05, 0) is 42.7 Å². The minimum atomic E-state index is -0.898. The average molecular weight is 227 g/mol. The van der Waals surface area contributed by atoms with Crippen LogP contribution in [-0.2, 0) is 0 Å². The maximum absolute atomic E-state index is 11.1. The summed E-state index contributed by atoms with van der Waals surface area (Å²) < 4.78 is 0. The van der Waals surface area contributed by atoms with Crippen LogP contribution in [0.3, 0.4) is 0 Å². The molecular weight excluding hydrogens is 214 g/mol. The maximum atomic E-state index is 11.1. The normalized spacial score (nSPS) is 10.2. The predicted molar refractivity (Wildman–Crippen MR) is 66.1 cm³/mol. The summed E-state index contributed by atoms with van der Waals surface area (Å²) in [5.74, 6) is -0.898. The van der Waals surface area contributed by atoms with Gasteiger partial charge in [-0.15, -0.1) is 0 Å². The van der Waals surface area contributed by atoms with Crippen LogP contribution in [0.5, 0.6) is 0 Å². The first-order chi connectivity index (χ1) is 8.08. The van der Waals surface area contributed by atoms with Gasteiger partial charge in [-0.1, -0.05) is 12.1 Å². The quantitative estimate of drug-likeness (QED) is 0.857. The van der Waals surface area contributed by atoms with Crippen LogP contribution in [-0.4, -0.2) is 16.1 Å². The van der Waals surface area contributed by atoms with Gasteiger partial charge in [0.25, 0.3) is 0 Å². The highest BCUT2D eigenvalue weighted by atomic mass is 16.4. The zero-order valence-corrected chi connectivity index (χ0v) is 9.77. The summed E-state index contributed by atoms with van der Waals surface area (Å²) in [6, 6.07) is 7.41. The Kier molecular flexibility index (Phi) is 2.91. The van der Waals surface area contributed by atoms with E-state index in [0.717, 1.165) is 22.3 Å². The van der Waals surface area contributed by atoms with Gasteiger partial charge in [0.1, 0.15) is 0 Å². The van der Waals surface area contributed by atoms with Crippen molar-refractivity contribution in [1.82, 2.24) is 4.98 Å². The van der Waals surface area contributed by atoms with Crippen molar-refractivity contribution in [2.45, 2.75) is 13.8 Å². The number of aromatic nitrogens is 1. The SMILES string of the molecule is Cc1cncc(-c2ccc(C)c(C(=O)O)c2)c1. The Labute approximate surface area is 99.8 Å². The summed E-state index contributed by atoms with van der Waals surface area (Å²) in [5.41, 5.74) is 3.97. The van der Waals surface area contributed by atoms with Crippen LogP contribution in [0.25, 0.3) is 11.1 Å². The molecule has 0 saturated heterocycles. The van der Waals surface area contributed by atoms with Gasteiger partial charge in [0.05, 0.1) is 5.56 Å². The second kappa shape index (κ2) is 4.37. The lowest BCUT2D eigenvalue weighted by Gasteiger charge is -2.06. The molecule has 0 aliphatic rings. The number of carbonyl (C=O) groups is 1. The molecule has 3 heteroatoms. The first-order valence-electron chi connectivity index (χ1n) is 5.34. The van der Waals surface area contributed by atoms with Gasteiger partial charge in [-0.25, -0.2) is 4.79 Å². The number of carboxylic acids is 1. The standard InChI is InChI=1S/C14H13NO2/c1-9-5-12(8-15-7-9)11-4-3-10(2)13(6-11)14(16)17/h3-8H,1-2H3,(H,16,17). The zero-order valence-electron chi connectivity index (χ0n) is 9.77. The van der Waals surface area contributed by atoms with Gasteiger partial charge in [0, 0.05) is 18.0 Å². The fourth-order valence-corrected chi connectivity index (χ4v) is 1.74. The van der Waals surface area contributed by atoms with E-state index in [1.165, 1.54) is 0 Å². The number of aryl methyl sites for hydroxylation is 2. The summed E-state index contributed by atoms with van der Waals surface area (Å²) >= 11 is 0. The molecule has 1 heterocycles. The smallest absolute Gasteiger partial charge is 0.335 e. The number of pyridine rings is 1. The molecule has 0 radical (unpaired) electrons. The lowest BCUT2D eigenvalue weighted by atomic mass is 10.0. The fraction of sp³-hybridized carbons (Fsp3) is 0.143. The minimum Gasteiger partial charge on any atom is -0.478 e. The van der Waals surface area contributed by atoms with E-state index in [4.69, 9.17) is 5.11 Å². The molecule has 0 amide bonds. The van der Waals surface area contributed by atoms with Crippen LogP contribution in [0.15, 0.2) is 36.7 Å². The third-order valence-electron chi connectivity index (χ3n) is 2.68. The van der Waals surface area contributed by atoms with Crippen LogP contribution in [0.4, 0.5) is 0 Å². The molecule has 3 nitrogen and oxygen atoms in total. The fourth-order valence-electron chi connectivity index (χ4n) is 1.74. The van der Waals surface area contributed by atoms with Crippen molar-refractivity contribution in [2.24, 2.45) is 0 Å². The van der Waals surface area contributed by atoms with E-state index in [2.05, 4.69) is 4.98 Å². The topological polar surface area (TPSA) is 50.2 Å². The van der Waals surface area contributed by atoms with Crippen molar-refractivity contribution in [3.8, 4) is 11.1 Å². The van der Waals surface area contributed by atoms with Crippen molar-refractivity contribution in [2.75, 3.05) is 0 Å². The average Bonchev–Trinajstić information content (AvgIpc) is 2.29. The van der Waals surface area contributed by atoms with Crippen molar-refractivity contribution < 1.29 is 9.90 Å². The number of aromatic carboxylic acids is 1. The van der Waals surface area contributed by atoms with Crippen LogP contribution in [0.1, 0.15) is 21.5 Å². The van der Waals surface area contributed by atoms with Crippen LogP contribution in [0, 0.1) is 13.8 Å². The van der Waals surface area contributed by atoms with Crippen molar-refractivity contribution in [1.29, 1.82) is 0 Å². The minimum absolute atomic E-state index is 0.337. The monoisotopic (exact) mass is 227 g/mol. The Morgan fingerprint density at radius 2 is 1.88 bits per heavy atom. The zero-order chi connectivity index (χ0) is 12.4. The molecule has 0 saturated carbocycles. The first-order valence-corrected chi connectivity index (χ1v) is 5.34. The summed E-state index contributed by atoms with van der Waals surface area (Å²) in [6.07, 6.45) is 3.51. The Bertz CT molecular complexity index is 576. The third-order valence-corrected chi connectivity index (χ3v) is 2.68. The molecule has 2 aromatic rings. The molecule has 1 aromatic carbocycles. The summed E-state index contributed by atoms with van der Waals surface area (Å²) in [4.78, 5) is 15.2. The molecule has 0 spiro atoms. The van der Waals surface area contributed by atoms with E-state index in [9.17, 15) is 4.79 Å². The van der Waals surface area contributed by atoms with E-state index >= 15 is 0 Å². The van der Waals surface area contributed by atoms with Crippen molar-refractivity contribution in [3.05, 3.63) is 53.3 Å². The molecule has 2 rings (SSSR count). The Balaban J connectivity index is 2.54. The molecule has 1 N–H and O–H groups in total. The number of hydrogen-bond acceptors (Lipinski definition) is 2. The second-order valence-electron chi connectivity index (χ2n) is 4.09. The largest absolute Gasteiger partial charge is 0.478 e. The highest BCUT2D eigenvalue weighted by Gasteiger charge is 2.08. The maximum Gasteiger partial charge on any atom is 0.335 e. The van der Waals surface area contributed by atoms with Gasteiger partial charge < -0.3 is 5.11 Å². The first kappa shape index (κ1) is 11.3. The second-order valence-corrected chi connectivity index (χ2v) is 4.09. The number of hydrogen-bond donors (Lipinski definition) is 1. The Hall–Kier alpha value is -2.16. The number of benzene rings is 1. The molecule has 0 bridgehead atoms. The molecule has 86 valence electrons. The van der Waals surface area contributed by atoms with E-state index in [-0.39, 0.29) is 0 Å². The lowest BCUT2D eigenvalue weighted by Crippen LogP contribution is -1.99. The van der Waals surface area contributed by atoms with E-state index in [1.807, 2.05) is 25.1 Å². The number of rotatable bonds is 2. The van der Waals surface area contributed by atoms with Crippen LogP contribution < -0.4 is 0 Å². The number of nitrogens with zero attached hydrogens (tertiary/aromatic N) is 1. The van der Waals surface area contributed by atoms with Gasteiger partial charge >= 0.3 is 5.97 Å². The lowest BCUT2D eigenvalue weighted by molar-refractivity contribution is 0.0696. The third kappa shape index (κ3) is 2.33. The summed E-state index contributed by atoms with van der Waals surface area (Å²) in [6.45, 7) is 3.75. The van der Waals surface area contributed by atoms with Gasteiger partial charge in [-0.2, -0.15) is 0 Å². The van der Waals surface area contributed by atoms with E-state index < -0.39 is 5.97 Å². The molecule has 0 aliphatic heterocycles. The number of carboxylic acid groups (broad SMARTS) is 1. The highest BCUT2D eigenvalue weighted by molar-refractivity contribution is 5.91. The molecule has 0 atom stereocenters. The molecule has 17 heavy (non-hydrogen) atoms. The Morgan fingerprint density at radius 3 is 2.53 bits per heavy atom. The van der Waals surface area contributed by atoms with Crippen molar-refractivity contribution >= 4 is 5.97 Å². The van der Waals surface area contributed by atoms with Crippen molar-refractivity contribution in [3.63, 3.8) is 0 Å². The van der Waals surface area contributed by atoms with Gasteiger partial charge in [0.2, 0.25) is 0 Å². The van der Waals surface area contributed by atoms with Gasteiger partial charge in [0.15, 0.2) is 0 Å². The Morgan fingerprint density at radius 1 is 1.12 bits per heavy atom.